The minimum atomic E-state index is 0.0276. The maximum atomic E-state index is 12.4. The van der Waals surface area contributed by atoms with Gasteiger partial charge in [0, 0.05) is 16.7 Å². The fourth-order valence-corrected chi connectivity index (χ4v) is 2.91. The molecular weight excluding hydrogens is 352 g/mol. The zero-order chi connectivity index (χ0) is 16.7. The number of carbonyl (C=O) groups is 1. The molecule has 23 heavy (non-hydrogen) atoms. The van der Waals surface area contributed by atoms with Crippen LogP contribution < -0.4 is 5.32 Å². The number of carbonyl (C=O) groups excluding carboxylic acids is 1. The van der Waals surface area contributed by atoms with Crippen LogP contribution in [0.4, 0.5) is 5.69 Å². The van der Waals surface area contributed by atoms with Gasteiger partial charge in [-0.15, -0.1) is 0 Å². The lowest BCUT2D eigenvalue weighted by molar-refractivity contribution is -0.117. The first-order valence-electron chi connectivity index (χ1n) is 7.91. The maximum Gasteiger partial charge on any atom is 0.238 e. The Bertz CT molecular complexity index is 657. The van der Waals surface area contributed by atoms with Crippen LogP contribution in [0.15, 0.2) is 53.0 Å². The number of amides is 1. The quantitative estimate of drug-likeness (QED) is 0.767. The molecular formula is C19H23BrN2O. The lowest BCUT2D eigenvalue weighted by Crippen LogP contribution is -2.33. The van der Waals surface area contributed by atoms with E-state index < -0.39 is 0 Å². The standard InChI is InChI=1S/C19H23BrN2O/c1-3-12-22(13-16-9-5-6-10-17(16)20)14-19(23)21-18-11-7-4-8-15(18)2/h4-11H,3,12-14H2,1-2H3,(H,21,23). The van der Waals surface area contributed by atoms with Crippen LogP contribution in [0.25, 0.3) is 0 Å². The number of anilines is 1. The van der Waals surface area contributed by atoms with Crippen LogP contribution in [-0.2, 0) is 11.3 Å². The van der Waals surface area contributed by atoms with Crippen LogP contribution in [0.3, 0.4) is 0 Å². The van der Waals surface area contributed by atoms with E-state index in [4.69, 9.17) is 0 Å². The van der Waals surface area contributed by atoms with Gasteiger partial charge in [0.25, 0.3) is 0 Å². The molecule has 0 atom stereocenters. The molecule has 0 saturated heterocycles. The summed E-state index contributed by atoms with van der Waals surface area (Å²) in [6.45, 7) is 6.18. The topological polar surface area (TPSA) is 32.3 Å². The Morgan fingerprint density at radius 2 is 1.83 bits per heavy atom. The van der Waals surface area contributed by atoms with Gasteiger partial charge in [-0.05, 0) is 43.1 Å². The first-order valence-corrected chi connectivity index (χ1v) is 8.70. The van der Waals surface area contributed by atoms with Crippen molar-refractivity contribution in [3.05, 3.63) is 64.1 Å². The zero-order valence-electron chi connectivity index (χ0n) is 13.7. The Labute approximate surface area is 146 Å². The van der Waals surface area contributed by atoms with E-state index in [0.29, 0.717) is 6.54 Å². The molecule has 0 heterocycles. The summed E-state index contributed by atoms with van der Waals surface area (Å²) < 4.78 is 1.08. The predicted octanol–water partition coefficient (Wildman–Crippen LogP) is 4.61. The van der Waals surface area contributed by atoms with Crippen molar-refractivity contribution in [2.24, 2.45) is 0 Å². The molecule has 122 valence electrons. The second kappa shape index (κ2) is 8.85. The van der Waals surface area contributed by atoms with E-state index in [9.17, 15) is 4.79 Å². The monoisotopic (exact) mass is 374 g/mol. The van der Waals surface area contributed by atoms with Gasteiger partial charge in [0.2, 0.25) is 5.91 Å². The van der Waals surface area contributed by atoms with Crippen molar-refractivity contribution >= 4 is 27.5 Å². The van der Waals surface area contributed by atoms with E-state index >= 15 is 0 Å². The highest BCUT2D eigenvalue weighted by Gasteiger charge is 2.12. The molecule has 0 unspecified atom stereocenters. The summed E-state index contributed by atoms with van der Waals surface area (Å²) in [5.41, 5.74) is 3.16. The summed E-state index contributed by atoms with van der Waals surface area (Å²) in [6, 6.07) is 16.0. The van der Waals surface area contributed by atoms with Crippen LogP contribution in [-0.4, -0.2) is 23.9 Å². The van der Waals surface area contributed by atoms with Gasteiger partial charge in [0.15, 0.2) is 0 Å². The molecule has 3 nitrogen and oxygen atoms in total. The first-order chi connectivity index (χ1) is 11.1. The van der Waals surface area contributed by atoms with Crippen LogP contribution in [0.2, 0.25) is 0 Å². The number of halogens is 1. The normalized spacial score (nSPS) is 10.8. The fourth-order valence-electron chi connectivity index (χ4n) is 2.50. The van der Waals surface area contributed by atoms with Gasteiger partial charge in [0.05, 0.1) is 6.54 Å². The maximum absolute atomic E-state index is 12.4. The van der Waals surface area contributed by atoms with Crippen molar-refractivity contribution in [2.45, 2.75) is 26.8 Å². The fraction of sp³-hybridized carbons (Fsp3) is 0.316. The highest BCUT2D eigenvalue weighted by molar-refractivity contribution is 9.10. The first kappa shape index (κ1) is 17.7. The van der Waals surface area contributed by atoms with Crippen LogP contribution >= 0.6 is 15.9 Å². The predicted molar refractivity (Wildman–Crippen MR) is 99.5 cm³/mol. The third-order valence-electron chi connectivity index (χ3n) is 3.68. The number of hydrogen-bond acceptors (Lipinski definition) is 2. The second-order valence-electron chi connectivity index (χ2n) is 5.67. The summed E-state index contributed by atoms with van der Waals surface area (Å²) in [4.78, 5) is 14.5. The lowest BCUT2D eigenvalue weighted by Gasteiger charge is -2.22. The average molecular weight is 375 g/mol. The van der Waals surface area contributed by atoms with E-state index in [0.717, 1.165) is 35.2 Å². The Morgan fingerprint density at radius 1 is 1.13 bits per heavy atom. The Hall–Kier alpha value is -1.65. The molecule has 0 saturated carbocycles. The lowest BCUT2D eigenvalue weighted by atomic mass is 10.2. The van der Waals surface area contributed by atoms with Gasteiger partial charge in [0.1, 0.15) is 0 Å². The summed E-state index contributed by atoms with van der Waals surface area (Å²) in [6.07, 6.45) is 1.02. The van der Waals surface area contributed by atoms with Crippen molar-refractivity contribution < 1.29 is 4.79 Å². The van der Waals surface area contributed by atoms with Crippen LogP contribution in [0.5, 0.6) is 0 Å². The number of nitrogens with one attached hydrogen (secondary N) is 1. The highest BCUT2D eigenvalue weighted by Crippen LogP contribution is 2.18. The molecule has 2 rings (SSSR count). The van der Waals surface area contributed by atoms with Crippen LogP contribution in [0, 0.1) is 6.92 Å². The molecule has 1 N–H and O–H groups in total. The molecule has 0 spiro atoms. The second-order valence-corrected chi connectivity index (χ2v) is 6.52. The highest BCUT2D eigenvalue weighted by atomic mass is 79.9. The van der Waals surface area contributed by atoms with Gasteiger partial charge in [-0.25, -0.2) is 0 Å². The Kier molecular flexibility index (Phi) is 6.81. The third-order valence-corrected chi connectivity index (χ3v) is 4.45. The van der Waals surface area contributed by atoms with Gasteiger partial charge >= 0.3 is 0 Å². The molecule has 4 heteroatoms. The molecule has 0 fully saturated rings. The van der Waals surface area contributed by atoms with E-state index in [1.165, 1.54) is 5.56 Å². The number of benzene rings is 2. The summed E-state index contributed by atoms with van der Waals surface area (Å²) in [7, 11) is 0. The van der Waals surface area contributed by atoms with Gasteiger partial charge < -0.3 is 5.32 Å². The zero-order valence-corrected chi connectivity index (χ0v) is 15.3. The number of hydrogen-bond donors (Lipinski definition) is 1. The van der Waals surface area contributed by atoms with Crippen molar-refractivity contribution in [2.75, 3.05) is 18.4 Å². The third kappa shape index (κ3) is 5.48. The molecule has 1 amide bonds. The largest absolute Gasteiger partial charge is 0.325 e. The molecule has 0 aliphatic heterocycles. The van der Waals surface area contributed by atoms with E-state index in [1.807, 2.05) is 49.4 Å². The number of rotatable bonds is 7. The van der Waals surface area contributed by atoms with Crippen molar-refractivity contribution in [3.8, 4) is 0 Å². The van der Waals surface area contributed by atoms with E-state index in [2.05, 4.69) is 39.1 Å². The summed E-state index contributed by atoms with van der Waals surface area (Å²) in [5, 5.41) is 3.01. The minimum absolute atomic E-state index is 0.0276. The van der Waals surface area contributed by atoms with Crippen molar-refractivity contribution in [3.63, 3.8) is 0 Å². The van der Waals surface area contributed by atoms with Gasteiger partial charge in [-0.3, -0.25) is 9.69 Å². The van der Waals surface area contributed by atoms with E-state index in [-0.39, 0.29) is 5.91 Å². The number of nitrogens with zero attached hydrogens (tertiary/aromatic N) is 1. The van der Waals surface area contributed by atoms with E-state index in [1.54, 1.807) is 0 Å². The molecule has 2 aromatic carbocycles. The molecule has 0 aliphatic carbocycles. The summed E-state index contributed by atoms with van der Waals surface area (Å²) >= 11 is 3.58. The molecule has 0 aromatic heterocycles. The number of aryl methyl sites for hydroxylation is 1. The minimum Gasteiger partial charge on any atom is -0.325 e. The van der Waals surface area contributed by atoms with Crippen molar-refractivity contribution in [1.82, 2.24) is 4.90 Å². The SMILES string of the molecule is CCCN(CC(=O)Nc1ccccc1C)Cc1ccccc1Br. The molecule has 0 radical (unpaired) electrons. The van der Waals surface area contributed by atoms with Gasteiger partial charge in [-0.2, -0.15) is 0 Å². The Balaban J connectivity index is 2.00. The average Bonchev–Trinajstić information content (AvgIpc) is 2.52. The number of para-hydroxylation sites is 1. The Morgan fingerprint density at radius 3 is 2.52 bits per heavy atom. The molecule has 0 bridgehead atoms. The molecule has 2 aromatic rings. The van der Waals surface area contributed by atoms with Crippen LogP contribution in [0.1, 0.15) is 24.5 Å². The summed E-state index contributed by atoms with van der Waals surface area (Å²) in [5.74, 6) is 0.0276. The van der Waals surface area contributed by atoms with Gasteiger partial charge in [-0.1, -0.05) is 59.3 Å². The van der Waals surface area contributed by atoms with Crippen molar-refractivity contribution in [1.29, 1.82) is 0 Å². The smallest absolute Gasteiger partial charge is 0.238 e. The molecule has 0 aliphatic rings.